The summed E-state index contributed by atoms with van der Waals surface area (Å²) < 4.78 is 9.92. The Bertz CT molecular complexity index is 133. The van der Waals surface area contributed by atoms with Gasteiger partial charge in [0.05, 0.1) is 15.6 Å². The molecule has 1 N–H and O–H groups in total. The van der Waals surface area contributed by atoms with Crippen molar-refractivity contribution < 1.29 is 14.7 Å². The summed E-state index contributed by atoms with van der Waals surface area (Å²) in [4.78, 5) is 0. The minimum atomic E-state index is -0.846. The molecule has 0 aromatic carbocycles. The van der Waals surface area contributed by atoms with E-state index >= 15 is 0 Å². The zero-order chi connectivity index (χ0) is 8.20. The van der Waals surface area contributed by atoms with Crippen LogP contribution in [0.3, 0.4) is 0 Å². The molecule has 0 saturated heterocycles. The molecule has 10 heavy (non-hydrogen) atoms. The van der Waals surface area contributed by atoms with Crippen molar-refractivity contribution in [2.24, 2.45) is 5.16 Å². The lowest BCUT2D eigenvalue weighted by Gasteiger charge is -2.24. The zero-order valence-electron chi connectivity index (χ0n) is 6.71. The molecule has 0 aliphatic carbocycles. The summed E-state index contributed by atoms with van der Waals surface area (Å²) in [5.41, 5.74) is 0. The molecule has 0 aromatic rings. The van der Waals surface area contributed by atoms with Crippen molar-refractivity contribution in [3.8, 4) is 0 Å². The molecule has 4 nitrogen and oxygen atoms in total. The van der Waals surface area contributed by atoms with Gasteiger partial charge in [0.2, 0.25) is 5.79 Å². The predicted molar refractivity (Wildman–Crippen MR) is 41.6 cm³/mol. The standard InChI is InChI=1S/C5H13NO3Si/c1-5(8-2,9-3)4(10)6-7/h7H,1-3,10H3. The van der Waals surface area contributed by atoms with Crippen LogP contribution in [0.1, 0.15) is 6.92 Å². The summed E-state index contributed by atoms with van der Waals surface area (Å²) in [6.07, 6.45) is 0. The predicted octanol–water partition coefficient (Wildman–Crippen LogP) is -0.852. The third kappa shape index (κ3) is 1.79. The van der Waals surface area contributed by atoms with Crippen LogP contribution < -0.4 is 0 Å². The van der Waals surface area contributed by atoms with Gasteiger partial charge in [0.25, 0.3) is 0 Å². The van der Waals surface area contributed by atoms with Gasteiger partial charge >= 0.3 is 0 Å². The molecule has 0 aliphatic rings. The minimum absolute atomic E-state index is 0.525. The summed E-state index contributed by atoms with van der Waals surface area (Å²) in [6, 6.07) is 0. The maximum Gasteiger partial charge on any atom is 0.202 e. The molecule has 0 aliphatic heterocycles. The lowest BCUT2D eigenvalue weighted by molar-refractivity contribution is -0.138. The molecule has 0 amide bonds. The number of hydrogen-bond acceptors (Lipinski definition) is 4. The van der Waals surface area contributed by atoms with E-state index in [0.717, 1.165) is 0 Å². The van der Waals surface area contributed by atoms with E-state index in [0.29, 0.717) is 15.6 Å². The van der Waals surface area contributed by atoms with Gasteiger partial charge in [-0.05, 0) is 6.92 Å². The Labute approximate surface area is 63.2 Å². The smallest absolute Gasteiger partial charge is 0.202 e. The second-order valence-corrected chi connectivity index (χ2v) is 2.99. The molecule has 0 heterocycles. The second-order valence-electron chi connectivity index (χ2n) is 2.04. The SMILES string of the molecule is COC(C)(OC)C([SiH3])=NO. The van der Waals surface area contributed by atoms with Crippen LogP contribution in [0.25, 0.3) is 0 Å². The van der Waals surface area contributed by atoms with Crippen molar-refractivity contribution in [1.29, 1.82) is 0 Å². The molecular formula is C5H13NO3Si. The highest BCUT2D eigenvalue weighted by Crippen LogP contribution is 2.09. The molecule has 5 heteroatoms. The summed E-state index contributed by atoms with van der Waals surface area (Å²) in [5.74, 6) is -0.846. The fourth-order valence-corrected chi connectivity index (χ4v) is 0.878. The number of hydrogen-bond donors (Lipinski definition) is 1. The van der Waals surface area contributed by atoms with Crippen molar-refractivity contribution in [3.63, 3.8) is 0 Å². The Kier molecular flexibility index (Phi) is 3.55. The summed E-state index contributed by atoms with van der Waals surface area (Å²) in [6.45, 7) is 1.70. The maximum absolute atomic E-state index is 8.40. The Morgan fingerprint density at radius 2 is 1.90 bits per heavy atom. The van der Waals surface area contributed by atoms with Gasteiger partial charge in [0, 0.05) is 14.2 Å². The van der Waals surface area contributed by atoms with Gasteiger partial charge < -0.3 is 14.7 Å². The van der Waals surface area contributed by atoms with Crippen LogP contribution in [0.15, 0.2) is 5.16 Å². The zero-order valence-corrected chi connectivity index (χ0v) is 8.71. The van der Waals surface area contributed by atoms with E-state index in [9.17, 15) is 0 Å². The number of ether oxygens (including phenoxy) is 2. The largest absolute Gasteiger partial charge is 0.411 e. The van der Waals surface area contributed by atoms with E-state index in [4.69, 9.17) is 14.7 Å². The molecule has 0 fully saturated rings. The third-order valence-electron chi connectivity index (χ3n) is 1.59. The number of methoxy groups -OCH3 is 2. The highest BCUT2D eigenvalue weighted by molar-refractivity contribution is 6.61. The molecular weight excluding hydrogens is 150 g/mol. The van der Waals surface area contributed by atoms with E-state index in [1.807, 2.05) is 0 Å². The number of oxime groups is 1. The quantitative estimate of drug-likeness (QED) is 0.194. The molecule has 0 saturated carbocycles. The van der Waals surface area contributed by atoms with Crippen molar-refractivity contribution in [1.82, 2.24) is 0 Å². The van der Waals surface area contributed by atoms with Crippen molar-refractivity contribution in [2.75, 3.05) is 14.2 Å². The first-order valence-corrected chi connectivity index (χ1v) is 3.90. The average Bonchev–Trinajstić information content (AvgIpc) is 2.01. The van der Waals surface area contributed by atoms with Crippen LogP contribution in [0.5, 0.6) is 0 Å². The topological polar surface area (TPSA) is 51.0 Å². The van der Waals surface area contributed by atoms with E-state index in [1.165, 1.54) is 14.2 Å². The average molecular weight is 163 g/mol. The molecule has 0 atom stereocenters. The van der Waals surface area contributed by atoms with Crippen LogP contribution in [0.4, 0.5) is 0 Å². The molecule has 0 spiro atoms. The van der Waals surface area contributed by atoms with Gasteiger partial charge in [-0.3, -0.25) is 0 Å². The Morgan fingerprint density at radius 1 is 1.50 bits per heavy atom. The van der Waals surface area contributed by atoms with Gasteiger partial charge in [-0.2, -0.15) is 0 Å². The van der Waals surface area contributed by atoms with E-state index in [1.54, 1.807) is 6.92 Å². The lowest BCUT2D eigenvalue weighted by Crippen LogP contribution is -2.39. The maximum atomic E-state index is 8.40. The van der Waals surface area contributed by atoms with Crippen molar-refractivity contribution in [2.45, 2.75) is 12.7 Å². The molecule has 0 rings (SSSR count). The fourth-order valence-electron chi connectivity index (χ4n) is 0.470. The first-order valence-electron chi connectivity index (χ1n) is 2.90. The number of nitrogens with zero attached hydrogens (tertiary/aromatic N) is 1. The first-order chi connectivity index (χ1) is 4.60. The van der Waals surface area contributed by atoms with Gasteiger partial charge in [0.15, 0.2) is 0 Å². The van der Waals surface area contributed by atoms with Crippen LogP contribution >= 0.6 is 0 Å². The second kappa shape index (κ2) is 3.70. The highest BCUT2D eigenvalue weighted by Gasteiger charge is 2.26. The Hall–Kier alpha value is -0.393. The van der Waals surface area contributed by atoms with Crippen molar-refractivity contribution in [3.05, 3.63) is 0 Å². The van der Waals surface area contributed by atoms with Crippen LogP contribution in [0, 0.1) is 0 Å². The van der Waals surface area contributed by atoms with E-state index in [2.05, 4.69) is 5.16 Å². The molecule has 60 valence electrons. The minimum Gasteiger partial charge on any atom is -0.411 e. The third-order valence-corrected chi connectivity index (χ3v) is 2.69. The normalized spacial score (nSPS) is 14.1. The summed E-state index contributed by atoms with van der Waals surface area (Å²) in [7, 11) is 3.63. The highest BCUT2D eigenvalue weighted by atomic mass is 28.1. The monoisotopic (exact) mass is 163 g/mol. The van der Waals surface area contributed by atoms with Crippen LogP contribution in [-0.4, -0.2) is 40.8 Å². The summed E-state index contributed by atoms with van der Waals surface area (Å²) >= 11 is 0. The van der Waals surface area contributed by atoms with Crippen LogP contribution in [0.2, 0.25) is 0 Å². The molecule has 0 radical (unpaired) electrons. The van der Waals surface area contributed by atoms with E-state index < -0.39 is 5.79 Å². The molecule has 0 aromatic heterocycles. The van der Waals surface area contributed by atoms with E-state index in [-0.39, 0.29) is 0 Å². The summed E-state index contributed by atoms with van der Waals surface area (Å²) in [5, 5.41) is 12.0. The van der Waals surface area contributed by atoms with Gasteiger partial charge in [-0.1, -0.05) is 5.16 Å². The van der Waals surface area contributed by atoms with Crippen LogP contribution in [-0.2, 0) is 9.47 Å². The Balaban J connectivity index is 4.32. The van der Waals surface area contributed by atoms with Gasteiger partial charge in [-0.25, -0.2) is 0 Å². The van der Waals surface area contributed by atoms with Crippen molar-refractivity contribution >= 4 is 15.6 Å². The number of rotatable bonds is 3. The van der Waals surface area contributed by atoms with Gasteiger partial charge in [0.1, 0.15) is 0 Å². The fraction of sp³-hybridized carbons (Fsp3) is 0.800. The lowest BCUT2D eigenvalue weighted by atomic mass is 10.3. The van der Waals surface area contributed by atoms with Gasteiger partial charge in [-0.15, -0.1) is 0 Å². The Morgan fingerprint density at radius 3 is 2.00 bits per heavy atom. The molecule has 0 unspecified atom stereocenters. The first kappa shape index (κ1) is 9.61. The molecule has 0 bridgehead atoms.